The van der Waals surface area contributed by atoms with Gasteiger partial charge >= 0.3 is 0 Å². The molecule has 0 aromatic rings. The van der Waals surface area contributed by atoms with E-state index in [1.165, 1.54) is 38.5 Å². The van der Waals surface area contributed by atoms with Crippen molar-refractivity contribution < 1.29 is 19.7 Å². The summed E-state index contributed by atoms with van der Waals surface area (Å²) in [5, 5.41) is 23.3. The number of methoxy groups -OCH3 is 2. The van der Waals surface area contributed by atoms with Crippen LogP contribution in [0.4, 0.5) is 0 Å². The molecule has 188 valence electrons. The molecule has 5 N–H and O–H groups in total. The monoisotopic (exact) mass is 456 g/mol. The van der Waals surface area contributed by atoms with Crippen LogP contribution in [-0.2, 0) is 9.47 Å². The van der Waals surface area contributed by atoms with Gasteiger partial charge in [-0.2, -0.15) is 0 Å². The molecule has 4 rings (SSSR count). The molecule has 2 saturated carbocycles. The molecule has 2 saturated heterocycles. The van der Waals surface area contributed by atoms with Crippen molar-refractivity contribution in [2.75, 3.05) is 73.1 Å². The van der Waals surface area contributed by atoms with Crippen molar-refractivity contribution in [3.8, 4) is 0 Å². The normalized spacial score (nSPS) is 28.7. The maximum absolute atomic E-state index is 10.1. The summed E-state index contributed by atoms with van der Waals surface area (Å²) in [4.78, 5) is 4.74. The van der Waals surface area contributed by atoms with Gasteiger partial charge in [0.1, 0.15) is 0 Å². The van der Waals surface area contributed by atoms with E-state index in [1.807, 2.05) is 0 Å². The van der Waals surface area contributed by atoms with E-state index < -0.39 is 0 Å². The number of likely N-dealkylation sites (tertiary alicyclic amines) is 2. The van der Waals surface area contributed by atoms with Crippen molar-refractivity contribution in [3.63, 3.8) is 0 Å². The maximum Gasteiger partial charge on any atom is 0.169 e. The van der Waals surface area contributed by atoms with E-state index in [1.54, 1.807) is 14.2 Å². The van der Waals surface area contributed by atoms with Crippen LogP contribution in [0.1, 0.15) is 51.4 Å². The molecular formula is C24H48N4O4. The van der Waals surface area contributed by atoms with E-state index in [4.69, 9.17) is 15.2 Å². The average Bonchev–Trinajstić information content (AvgIpc) is 3.72. The lowest BCUT2D eigenvalue weighted by molar-refractivity contribution is -0.0987. The summed E-state index contributed by atoms with van der Waals surface area (Å²) < 4.78 is 10.2. The zero-order valence-electron chi connectivity index (χ0n) is 20.4. The fourth-order valence-corrected chi connectivity index (χ4v) is 5.27. The Morgan fingerprint density at radius 1 is 0.875 bits per heavy atom. The third-order valence-electron chi connectivity index (χ3n) is 8.26. The van der Waals surface area contributed by atoms with Gasteiger partial charge in [-0.1, -0.05) is 0 Å². The van der Waals surface area contributed by atoms with Crippen LogP contribution in [0.25, 0.3) is 0 Å². The molecule has 8 nitrogen and oxygen atoms in total. The topological polar surface area (TPSA) is 103 Å². The SMILES string of the molecule is COC(CNCCCN1CCC2(CC2)[C@H](O)C1)OC.NCCCN1CCC2(CC2)[C@H](O)C1. The molecular weight excluding hydrogens is 408 g/mol. The number of piperidine rings is 2. The standard InChI is InChI=1S/C14H28N2O3.C10H20N2O/c1-18-13(19-2)10-15-7-3-8-16-9-6-14(4-5-14)12(17)11-16;11-5-1-6-12-7-4-10(2-3-10)9(13)8-12/h12-13,15,17H,3-11H2,1-2H3;9,13H,1-8,11H2/t12-;9-/m11/s1. The molecule has 32 heavy (non-hydrogen) atoms. The zero-order chi connectivity index (χ0) is 23.0. The number of aliphatic hydroxyl groups excluding tert-OH is 2. The predicted molar refractivity (Wildman–Crippen MR) is 126 cm³/mol. The Labute approximate surface area is 194 Å². The summed E-state index contributed by atoms with van der Waals surface area (Å²) in [6.07, 6.45) is 9.16. The lowest BCUT2D eigenvalue weighted by Gasteiger charge is -2.36. The number of rotatable bonds is 11. The van der Waals surface area contributed by atoms with Crippen LogP contribution in [0.5, 0.6) is 0 Å². The second kappa shape index (κ2) is 12.4. The highest BCUT2D eigenvalue weighted by Gasteiger charge is 2.51. The molecule has 2 aliphatic carbocycles. The Morgan fingerprint density at radius 3 is 1.78 bits per heavy atom. The Hall–Kier alpha value is -0.320. The minimum atomic E-state index is -0.161. The van der Waals surface area contributed by atoms with Gasteiger partial charge in [-0.25, -0.2) is 0 Å². The van der Waals surface area contributed by atoms with Gasteiger partial charge in [-0.15, -0.1) is 0 Å². The second-order valence-electron chi connectivity index (χ2n) is 10.5. The number of nitrogens with one attached hydrogen (secondary N) is 1. The summed E-state index contributed by atoms with van der Waals surface area (Å²) in [5.41, 5.74) is 6.12. The van der Waals surface area contributed by atoms with E-state index in [0.717, 1.165) is 71.7 Å². The van der Waals surface area contributed by atoms with Crippen LogP contribution in [-0.4, -0.2) is 112 Å². The van der Waals surface area contributed by atoms with Crippen molar-refractivity contribution >= 4 is 0 Å². The van der Waals surface area contributed by atoms with Crippen molar-refractivity contribution in [3.05, 3.63) is 0 Å². The minimum Gasteiger partial charge on any atom is -0.391 e. The van der Waals surface area contributed by atoms with E-state index in [2.05, 4.69) is 15.1 Å². The Bertz CT molecular complexity index is 540. The quantitative estimate of drug-likeness (QED) is 0.265. The molecule has 0 unspecified atom stereocenters. The molecule has 0 radical (unpaired) electrons. The van der Waals surface area contributed by atoms with Gasteiger partial charge in [0.15, 0.2) is 6.29 Å². The van der Waals surface area contributed by atoms with Crippen molar-refractivity contribution in [2.45, 2.75) is 69.9 Å². The zero-order valence-corrected chi connectivity index (χ0v) is 20.4. The molecule has 0 aromatic carbocycles. The number of hydrogen-bond acceptors (Lipinski definition) is 8. The lowest BCUT2D eigenvalue weighted by Crippen LogP contribution is -2.45. The van der Waals surface area contributed by atoms with Crippen LogP contribution in [0.3, 0.4) is 0 Å². The number of ether oxygens (including phenoxy) is 2. The van der Waals surface area contributed by atoms with Gasteiger partial charge < -0.3 is 40.5 Å². The minimum absolute atomic E-state index is 0.0703. The molecule has 4 aliphatic rings. The van der Waals surface area contributed by atoms with Crippen LogP contribution in [0, 0.1) is 10.8 Å². The third-order valence-corrected chi connectivity index (χ3v) is 8.26. The first-order chi connectivity index (χ1) is 15.5. The molecule has 0 bridgehead atoms. The fraction of sp³-hybridized carbons (Fsp3) is 1.00. The van der Waals surface area contributed by atoms with Crippen molar-refractivity contribution in [1.82, 2.24) is 15.1 Å². The smallest absolute Gasteiger partial charge is 0.169 e. The fourth-order valence-electron chi connectivity index (χ4n) is 5.27. The molecule has 2 aliphatic heterocycles. The molecule has 2 spiro atoms. The summed E-state index contributed by atoms with van der Waals surface area (Å²) in [6, 6.07) is 0. The van der Waals surface area contributed by atoms with E-state index in [9.17, 15) is 10.2 Å². The Kier molecular flexibility index (Phi) is 10.2. The number of hydrogen-bond donors (Lipinski definition) is 4. The average molecular weight is 457 g/mol. The van der Waals surface area contributed by atoms with Crippen molar-refractivity contribution in [2.24, 2.45) is 16.6 Å². The first kappa shape index (κ1) is 26.3. The second-order valence-corrected chi connectivity index (χ2v) is 10.5. The molecule has 0 aromatic heterocycles. The van der Waals surface area contributed by atoms with E-state index >= 15 is 0 Å². The Morgan fingerprint density at radius 2 is 1.38 bits per heavy atom. The first-order valence-electron chi connectivity index (χ1n) is 12.7. The van der Waals surface area contributed by atoms with Gasteiger partial charge in [0, 0.05) is 33.9 Å². The Balaban J connectivity index is 0.000000193. The molecule has 8 heteroatoms. The highest BCUT2D eigenvalue weighted by atomic mass is 16.7. The van der Waals surface area contributed by atoms with Crippen LogP contribution < -0.4 is 11.1 Å². The highest BCUT2D eigenvalue weighted by Crippen LogP contribution is 2.54. The van der Waals surface area contributed by atoms with Crippen LogP contribution in [0.15, 0.2) is 0 Å². The predicted octanol–water partition coefficient (Wildman–Crippen LogP) is 0.614. The van der Waals surface area contributed by atoms with Gasteiger partial charge in [0.2, 0.25) is 0 Å². The maximum atomic E-state index is 10.1. The van der Waals surface area contributed by atoms with E-state index in [0.29, 0.717) is 10.8 Å². The molecule has 2 heterocycles. The van der Waals surface area contributed by atoms with E-state index in [-0.39, 0.29) is 18.5 Å². The summed E-state index contributed by atoms with van der Waals surface area (Å²) in [5.74, 6) is 0. The summed E-state index contributed by atoms with van der Waals surface area (Å²) in [6.45, 7) is 8.61. The van der Waals surface area contributed by atoms with Gasteiger partial charge in [0.25, 0.3) is 0 Å². The largest absolute Gasteiger partial charge is 0.391 e. The van der Waals surface area contributed by atoms with Gasteiger partial charge in [-0.3, -0.25) is 0 Å². The van der Waals surface area contributed by atoms with Crippen LogP contribution in [0.2, 0.25) is 0 Å². The summed E-state index contributed by atoms with van der Waals surface area (Å²) in [7, 11) is 3.30. The summed E-state index contributed by atoms with van der Waals surface area (Å²) >= 11 is 0. The molecule has 4 fully saturated rings. The van der Waals surface area contributed by atoms with Gasteiger partial charge in [0.05, 0.1) is 12.2 Å². The molecule has 2 atom stereocenters. The van der Waals surface area contributed by atoms with Gasteiger partial charge in [-0.05, 0) is 101 Å². The number of aliphatic hydroxyl groups is 2. The third kappa shape index (κ3) is 7.34. The van der Waals surface area contributed by atoms with Crippen LogP contribution >= 0.6 is 0 Å². The number of β-amino-alcohol motifs (C(OH)–C–C–N with tert-alkyl or cyclic N) is 2. The number of nitrogens with two attached hydrogens (primary N) is 1. The lowest BCUT2D eigenvalue weighted by atomic mass is 9.90. The van der Waals surface area contributed by atoms with Crippen molar-refractivity contribution in [1.29, 1.82) is 0 Å². The number of nitrogens with zero attached hydrogens (tertiary/aromatic N) is 2. The highest BCUT2D eigenvalue weighted by molar-refractivity contribution is 5.03. The molecule has 0 amide bonds. The first-order valence-corrected chi connectivity index (χ1v) is 12.7.